The number of carbonyl (C=O) groups excluding carboxylic acids is 1. The number of alkyl halides is 6. The first-order valence-electron chi connectivity index (χ1n) is 10.3. The average molecular weight is 624 g/mol. The smallest absolute Gasteiger partial charge is 0.416 e. The largest absolute Gasteiger partial charge is 0.439 e. The van der Waals surface area contributed by atoms with Gasteiger partial charge in [0.1, 0.15) is 6.10 Å². The Morgan fingerprint density at radius 3 is 2.19 bits per heavy atom. The van der Waals surface area contributed by atoms with Crippen LogP contribution in [-0.2, 0) is 23.6 Å². The number of nitro groups is 1. The summed E-state index contributed by atoms with van der Waals surface area (Å²) in [5, 5.41) is 12.2. The number of benzene rings is 3. The molecule has 0 saturated carbocycles. The predicted molar refractivity (Wildman–Crippen MR) is 124 cm³/mol. The van der Waals surface area contributed by atoms with Crippen LogP contribution in [0.4, 0.5) is 36.8 Å². The third-order valence-corrected chi connectivity index (χ3v) is 6.90. The van der Waals surface area contributed by atoms with Gasteiger partial charge in [-0.2, -0.15) is 26.3 Å². The number of non-ortho nitro benzene ring substituents is 1. The van der Waals surface area contributed by atoms with Gasteiger partial charge >= 0.3 is 18.4 Å². The molecule has 2 atom stereocenters. The Morgan fingerprint density at radius 1 is 1.03 bits per heavy atom. The maximum absolute atomic E-state index is 13.3. The molecule has 1 aliphatic heterocycles. The van der Waals surface area contributed by atoms with Crippen LogP contribution in [0, 0.1) is 13.7 Å². The van der Waals surface area contributed by atoms with Gasteiger partial charge in [-0.05, 0) is 76.4 Å². The molecule has 3 aromatic carbocycles. The lowest BCUT2D eigenvalue weighted by atomic mass is 9.97. The number of cyclic esters (lactones) is 1. The molecule has 0 bridgehead atoms. The minimum atomic E-state index is -5.04. The number of fused-ring (bicyclic) bond motifs is 1. The number of halogens is 7. The van der Waals surface area contributed by atoms with Crippen LogP contribution in [0.2, 0.25) is 0 Å². The molecular weight excluding hydrogens is 609 g/mol. The van der Waals surface area contributed by atoms with E-state index < -0.39 is 52.2 Å². The van der Waals surface area contributed by atoms with Gasteiger partial charge in [0.2, 0.25) is 0 Å². The van der Waals surface area contributed by atoms with Crippen molar-refractivity contribution in [1.29, 1.82) is 0 Å². The SMILES string of the molecule is C[C@H]1C(c2cc(C(F)(F)F)cc(C(F)(F)F)c2)OC(=O)N1Cc1cc2cccc([N+](=O)[O-])c2cc1I. The Hall–Kier alpha value is -3.10. The summed E-state index contributed by atoms with van der Waals surface area (Å²) in [6.07, 6.45) is -12.4. The summed E-state index contributed by atoms with van der Waals surface area (Å²) in [6, 6.07) is 7.94. The molecule has 1 saturated heterocycles. The summed E-state index contributed by atoms with van der Waals surface area (Å²) in [4.78, 5) is 24.6. The topological polar surface area (TPSA) is 72.7 Å². The van der Waals surface area contributed by atoms with Crippen LogP contribution >= 0.6 is 22.6 Å². The molecule has 0 spiro atoms. The van der Waals surface area contributed by atoms with E-state index in [1.54, 1.807) is 18.2 Å². The van der Waals surface area contributed by atoms with Crippen molar-refractivity contribution < 1.29 is 40.8 Å². The molecule has 36 heavy (non-hydrogen) atoms. The molecule has 3 aromatic rings. The van der Waals surface area contributed by atoms with Gasteiger partial charge in [-0.15, -0.1) is 0 Å². The predicted octanol–water partition coefficient (Wildman–Crippen LogP) is 7.47. The average Bonchev–Trinajstić information content (AvgIpc) is 3.06. The lowest BCUT2D eigenvalue weighted by Crippen LogP contribution is -2.31. The monoisotopic (exact) mass is 624 g/mol. The van der Waals surface area contributed by atoms with E-state index in [0.29, 0.717) is 32.0 Å². The van der Waals surface area contributed by atoms with Gasteiger partial charge in [-0.1, -0.05) is 12.1 Å². The van der Waals surface area contributed by atoms with E-state index in [1.807, 2.05) is 22.6 Å². The molecule has 0 aliphatic carbocycles. The molecule has 190 valence electrons. The Kier molecular flexibility index (Phi) is 6.56. The highest BCUT2D eigenvalue weighted by Crippen LogP contribution is 2.41. The Balaban J connectivity index is 1.69. The first-order chi connectivity index (χ1) is 16.7. The third kappa shape index (κ3) is 4.92. The molecule has 13 heteroatoms. The summed E-state index contributed by atoms with van der Waals surface area (Å²) in [5.41, 5.74) is -2.95. The van der Waals surface area contributed by atoms with Crippen LogP contribution < -0.4 is 0 Å². The van der Waals surface area contributed by atoms with Crippen molar-refractivity contribution in [2.24, 2.45) is 0 Å². The fourth-order valence-electron chi connectivity index (χ4n) is 4.10. The third-order valence-electron chi connectivity index (χ3n) is 5.89. The number of carbonyl (C=O) groups is 1. The Morgan fingerprint density at radius 2 is 1.64 bits per heavy atom. The molecule has 0 N–H and O–H groups in total. The van der Waals surface area contributed by atoms with Crippen molar-refractivity contribution in [3.05, 3.63) is 84.5 Å². The minimum Gasteiger partial charge on any atom is -0.439 e. The molecule has 0 aromatic heterocycles. The van der Waals surface area contributed by atoms with Crippen molar-refractivity contribution in [1.82, 2.24) is 4.90 Å². The molecule has 1 heterocycles. The highest BCUT2D eigenvalue weighted by Gasteiger charge is 2.43. The lowest BCUT2D eigenvalue weighted by Gasteiger charge is -2.23. The normalized spacial score (nSPS) is 18.6. The maximum Gasteiger partial charge on any atom is 0.416 e. The molecule has 6 nitrogen and oxygen atoms in total. The van der Waals surface area contributed by atoms with E-state index in [2.05, 4.69) is 0 Å². The van der Waals surface area contributed by atoms with E-state index in [9.17, 15) is 41.3 Å². The maximum atomic E-state index is 13.3. The van der Waals surface area contributed by atoms with Gasteiger partial charge in [-0.3, -0.25) is 15.0 Å². The second-order valence-electron chi connectivity index (χ2n) is 8.21. The van der Waals surface area contributed by atoms with E-state index in [0.717, 1.165) is 0 Å². The molecule has 4 rings (SSSR count). The van der Waals surface area contributed by atoms with Gasteiger partial charge in [0.05, 0.1) is 34.0 Å². The van der Waals surface area contributed by atoms with Crippen LogP contribution in [0.25, 0.3) is 10.8 Å². The summed E-state index contributed by atoms with van der Waals surface area (Å²) >= 11 is 1.94. The quantitative estimate of drug-likeness (QED) is 0.131. The molecule has 1 fully saturated rings. The van der Waals surface area contributed by atoms with E-state index in [4.69, 9.17) is 4.74 Å². The fourth-order valence-corrected chi connectivity index (χ4v) is 4.73. The molecule has 0 radical (unpaired) electrons. The van der Waals surface area contributed by atoms with E-state index in [1.165, 1.54) is 24.0 Å². The van der Waals surface area contributed by atoms with Crippen molar-refractivity contribution >= 4 is 45.1 Å². The number of nitrogens with zero attached hydrogens (tertiary/aromatic N) is 2. The molecular formula is C23H15F6IN2O4. The van der Waals surface area contributed by atoms with Gasteiger partial charge in [0, 0.05) is 9.64 Å². The zero-order valence-corrected chi connectivity index (χ0v) is 20.3. The summed E-state index contributed by atoms with van der Waals surface area (Å²) < 4.78 is 85.5. The standard InChI is InChI=1S/C23H15F6IN2O4/c1-11-20(13-6-15(22(24,25)26)8-16(7-13)23(27,28)29)36-21(33)31(11)10-14-5-12-3-2-4-19(32(34)35)17(12)9-18(14)30/h2-9,11,20H,10H2,1H3/t11-,20?/m0/s1. The van der Waals surface area contributed by atoms with Crippen molar-refractivity contribution in [2.75, 3.05) is 0 Å². The van der Waals surface area contributed by atoms with E-state index >= 15 is 0 Å². The molecule has 1 unspecified atom stereocenters. The molecule has 1 aliphatic rings. The van der Waals surface area contributed by atoms with Crippen molar-refractivity contribution in [2.45, 2.75) is 38.0 Å². The second kappa shape index (κ2) is 9.09. The summed E-state index contributed by atoms with van der Waals surface area (Å²) in [7, 11) is 0. The van der Waals surface area contributed by atoms with Gasteiger partial charge in [-0.25, -0.2) is 4.79 Å². The van der Waals surface area contributed by atoms with Crippen molar-refractivity contribution in [3.63, 3.8) is 0 Å². The molecule has 1 amide bonds. The van der Waals surface area contributed by atoms with Gasteiger partial charge in [0.25, 0.3) is 5.69 Å². The van der Waals surface area contributed by atoms with Crippen LogP contribution in [0.5, 0.6) is 0 Å². The number of hydrogen-bond acceptors (Lipinski definition) is 4. The van der Waals surface area contributed by atoms with Crippen LogP contribution in [0.1, 0.15) is 35.3 Å². The van der Waals surface area contributed by atoms with Gasteiger partial charge < -0.3 is 4.74 Å². The first kappa shape index (κ1) is 26.0. The number of rotatable bonds is 4. The number of ether oxygens (including phenoxy) is 1. The Bertz CT molecular complexity index is 1340. The summed E-state index contributed by atoms with van der Waals surface area (Å²) in [5.74, 6) is 0. The van der Waals surface area contributed by atoms with Gasteiger partial charge in [0.15, 0.2) is 0 Å². The number of amides is 1. The number of nitro benzene ring substituents is 1. The summed E-state index contributed by atoms with van der Waals surface area (Å²) in [6.45, 7) is 1.39. The zero-order chi connectivity index (χ0) is 26.6. The number of hydrogen-bond donors (Lipinski definition) is 0. The van der Waals surface area contributed by atoms with Crippen LogP contribution in [-0.4, -0.2) is 22.0 Å². The Labute approximate surface area is 213 Å². The lowest BCUT2D eigenvalue weighted by molar-refractivity contribution is -0.383. The van der Waals surface area contributed by atoms with Crippen molar-refractivity contribution in [3.8, 4) is 0 Å². The van der Waals surface area contributed by atoms with Crippen LogP contribution in [0.15, 0.2) is 48.5 Å². The van der Waals surface area contributed by atoms with E-state index in [-0.39, 0.29) is 18.3 Å². The first-order valence-corrected chi connectivity index (χ1v) is 11.4. The highest BCUT2D eigenvalue weighted by molar-refractivity contribution is 14.1. The zero-order valence-electron chi connectivity index (χ0n) is 18.2. The highest BCUT2D eigenvalue weighted by atomic mass is 127. The minimum absolute atomic E-state index is 0.0132. The second-order valence-corrected chi connectivity index (χ2v) is 9.37. The fraction of sp³-hybridized carbons (Fsp3) is 0.261. The van der Waals surface area contributed by atoms with Crippen LogP contribution in [0.3, 0.4) is 0 Å².